The predicted molar refractivity (Wildman–Crippen MR) is 69.0 cm³/mol. The topological polar surface area (TPSA) is 76.1 Å². The fourth-order valence-corrected chi connectivity index (χ4v) is 1.75. The standard InChI is InChI=1S/C13H23NO5/c1-9(2)18-8-13(10(15)16)6-14(7-13)11(17)19-12(3,4)5/h9H,6-8H2,1-5H3,(H,15,16). The van der Waals surface area contributed by atoms with Gasteiger partial charge in [0, 0.05) is 13.1 Å². The van der Waals surface area contributed by atoms with Crippen LogP contribution in [0.5, 0.6) is 0 Å². The molecule has 0 unspecified atom stereocenters. The molecular formula is C13H23NO5. The van der Waals surface area contributed by atoms with E-state index in [9.17, 15) is 14.7 Å². The average Bonchev–Trinajstić information content (AvgIpc) is 2.11. The first kappa shape index (κ1) is 15.8. The third kappa shape index (κ3) is 4.09. The fraction of sp³-hybridized carbons (Fsp3) is 0.846. The summed E-state index contributed by atoms with van der Waals surface area (Å²) in [7, 11) is 0. The minimum atomic E-state index is -0.999. The molecule has 1 aliphatic rings. The summed E-state index contributed by atoms with van der Waals surface area (Å²) in [4.78, 5) is 24.5. The van der Waals surface area contributed by atoms with Gasteiger partial charge in [-0.2, -0.15) is 0 Å². The summed E-state index contributed by atoms with van der Waals surface area (Å²) in [6.07, 6.45) is -0.513. The Hall–Kier alpha value is -1.30. The van der Waals surface area contributed by atoms with Gasteiger partial charge in [0.15, 0.2) is 0 Å². The molecule has 0 bridgehead atoms. The van der Waals surface area contributed by atoms with Gasteiger partial charge >= 0.3 is 12.1 Å². The van der Waals surface area contributed by atoms with Gasteiger partial charge in [0.1, 0.15) is 11.0 Å². The van der Waals surface area contributed by atoms with E-state index in [0.29, 0.717) is 0 Å². The molecule has 1 aliphatic heterocycles. The maximum atomic E-state index is 11.8. The second-order valence-electron chi connectivity index (χ2n) is 6.28. The molecule has 0 saturated carbocycles. The van der Waals surface area contributed by atoms with Crippen LogP contribution in [0.1, 0.15) is 34.6 Å². The molecule has 0 atom stereocenters. The van der Waals surface area contributed by atoms with Crippen molar-refractivity contribution >= 4 is 12.1 Å². The first-order chi connectivity index (χ1) is 8.56. The van der Waals surface area contributed by atoms with Crippen molar-refractivity contribution in [1.29, 1.82) is 0 Å². The molecule has 0 aromatic rings. The van der Waals surface area contributed by atoms with Gasteiger partial charge in [-0.25, -0.2) is 4.79 Å². The molecule has 1 amide bonds. The maximum absolute atomic E-state index is 11.8. The van der Waals surface area contributed by atoms with Crippen LogP contribution in [-0.4, -0.2) is 53.5 Å². The van der Waals surface area contributed by atoms with Gasteiger partial charge in [0.05, 0.1) is 12.7 Å². The van der Waals surface area contributed by atoms with Gasteiger partial charge in [-0.15, -0.1) is 0 Å². The summed E-state index contributed by atoms with van der Waals surface area (Å²) >= 11 is 0. The number of rotatable bonds is 4. The van der Waals surface area contributed by atoms with E-state index in [1.54, 1.807) is 20.8 Å². The summed E-state index contributed by atoms with van der Waals surface area (Å²) in [5.41, 5.74) is -1.58. The number of likely N-dealkylation sites (tertiary alicyclic amines) is 1. The van der Waals surface area contributed by atoms with E-state index in [2.05, 4.69) is 0 Å². The highest BCUT2D eigenvalue weighted by atomic mass is 16.6. The first-order valence-corrected chi connectivity index (χ1v) is 6.39. The highest BCUT2D eigenvalue weighted by molar-refractivity contribution is 5.80. The predicted octanol–water partition coefficient (Wildman–Crippen LogP) is 1.73. The number of carboxylic acids is 1. The van der Waals surface area contributed by atoms with Crippen LogP contribution < -0.4 is 0 Å². The molecule has 19 heavy (non-hydrogen) atoms. The maximum Gasteiger partial charge on any atom is 0.410 e. The molecule has 1 rings (SSSR count). The zero-order valence-electron chi connectivity index (χ0n) is 12.2. The van der Waals surface area contributed by atoms with Gasteiger partial charge in [0.2, 0.25) is 0 Å². The lowest BCUT2D eigenvalue weighted by Gasteiger charge is -2.46. The van der Waals surface area contributed by atoms with Crippen molar-refractivity contribution in [3.05, 3.63) is 0 Å². The van der Waals surface area contributed by atoms with Crippen molar-refractivity contribution in [1.82, 2.24) is 4.90 Å². The number of hydrogen-bond acceptors (Lipinski definition) is 4. The largest absolute Gasteiger partial charge is 0.481 e. The Morgan fingerprint density at radius 1 is 1.32 bits per heavy atom. The molecule has 0 aliphatic carbocycles. The van der Waals surface area contributed by atoms with Gasteiger partial charge in [-0.3, -0.25) is 4.79 Å². The Labute approximate surface area is 113 Å². The van der Waals surface area contributed by atoms with Crippen molar-refractivity contribution in [2.45, 2.75) is 46.3 Å². The van der Waals surface area contributed by atoms with Crippen LogP contribution in [0.2, 0.25) is 0 Å². The van der Waals surface area contributed by atoms with Crippen molar-refractivity contribution in [3.63, 3.8) is 0 Å². The number of nitrogens with zero attached hydrogens (tertiary/aromatic N) is 1. The number of carboxylic acid groups (broad SMARTS) is 1. The number of hydrogen-bond donors (Lipinski definition) is 1. The van der Waals surface area contributed by atoms with Crippen LogP contribution in [0, 0.1) is 5.41 Å². The molecule has 6 heteroatoms. The van der Waals surface area contributed by atoms with Crippen molar-refractivity contribution < 1.29 is 24.2 Å². The molecule has 1 saturated heterocycles. The molecular weight excluding hydrogens is 250 g/mol. The monoisotopic (exact) mass is 273 g/mol. The normalized spacial score (nSPS) is 18.1. The number of aliphatic carboxylic acids is 1. The molecule has 0 aromatic carbocycles. The molecule has 1 heterocycles. The minimum absolute atomic E-state index is 0.0354. The lowest BCUT2D eigenvalue weighted by Crippen LogP contribution is -2.64. The average molecular weight is 273 g/mol. The Bertz CT molecular complexity index is 353. The molecule has 0 aromatic heterocycles. The van der Waals surface area contributed by atoms with Crippen LogP contribution in [0.4, 0.5) is 4.79 Å². The van der Waals surface area contributed by atoms with E-state index in [1.165, 1.54) is 4.90 Å². The SMILES string of the molecule is CC(C)OCC1(C(=O)O)CN(C(=O)OC(C)(C)C)C1. The first-order valence-electron chi connectivity index (χ1n) is 6.39. The van der Waals surface area contributed by atoms with Crippen LogP contribution in [0.15, 0.2) is 0 Å². The Kier molecular flexibility index (Phi) is 4.45. The van der Waals surface area contributed by atoms with Gasteiger partial charge in [-0.05, 0) is 34.6 Å². The third-order valence-corrected chi connectivity index (χ3v) is 2.79. The zero-order chi connectivity index (χ0) is 14.8. The number of carbonyl (C=O) groups is 2. The molecule has 6 nitrogen and oxygen atoms in total. The summed E-state index contributed by atoms with van der Waals surface area (Å²) in [5, 5.41) is 9.27. The summed E-state index contributed by atoms with van der Waals surface area (Å²) in [6, 6.07) is 0. The number of ether oxygens (including phenoxy) is 2. The molecule has 0 spiro atoms. The van der Waals surface area contributed by atoms with Crippen LogP contribution in [0.3, 0.4) is 0 Å². The Morgan fingerprint density at radius 3 is 2.21 bits per heavy atom. The van der Waals surface area contributed by atoms with Crippen molar-refractivity contribution in [3.8, 4) is 0 Å². The lowest BCUT2D eigenvalue weighted by molar-refractivity contribution is -0.168. The Morgan fingerprint density at radius 2 is 1.84 bits per heavy atom. The van der Waals surface area contributed by atoms with Crippen LogP contribution in [-0.2, 0) is 14.3 Å². The molecule has 1 N–H and O–H groups in total. The van der Waals surface area contributed by atoms with Crippen molar-refractivity contribution in [2.24, 2.45) is 5.41 Å². The second kappa shape index (κ2) is 5.36. The van der Waals surface area contributed by atoms with E-state index in [0.717, 1.165) is 0 Å². The van der Waals surface area contributed by atoms with Gasteiger partial charge in [0.25, 0.3) is 0 Å². The van der Waals surface area contributed by atoms with E-state index in [4.69, 9.17) is 9.47 Å². The highest BCUT2D eigenvalue weighted by Crippen LogP contribution is 2.32. The third-order valence-electron chi connectivity index (χ3n) is 2.79. The fourth-order valence-electron chi connectivity index (χ4n) is 1.75. The molecule has 1 fully saturated rings. The Balaban J connectivity index is 2.55. The smallest absolute Gasteiger partial charge is 0.410 e. The van der Waals surface area contributed by atoms with E-state index >= 15 is 0 Å². The zero-order valence-corrected chi connectivity index (χ0v) is 12.2. The summed E-state index contributed by atoms with van der Waals surface area (Å²) in [5.74, 6) is -0.937. The van der Waals surface area contributed by atoms with Crippen molar-refractivity contribution in [2.75, 3.05) is 19.7 Å². The number of carbonyl (C=O) groups excluding carboxylic acids is 1. The van der Waals surface area contributed by atoms with Gasteiger partial charge < -0.3 is 19.5 Å². The molecule has 0 radical (unpaired) electrons. The van der Waals surface area contributed by atoms with Crippen LogP contribution >= 0.6 is 0 Å². The summed E-state index contributed by atoms with van der Waals surface area (Å²) < 4.78 is 10.6. The highest BCUT2D eigenvalue weighted by Gasteiger charge is 2.52. The van der Waals surface area contributed by atoms with Gasteiger partial charge in [-0.1, -0.05) is 0 Å². The summed E-state index contributed by atoms with van der Waals surface area (Å²) in [6.45, 7) is 9.39. The second-order valence-corrected chi connectivity index (χ2v) is 6.28. The quantitative estimate of drug-likeness (QED) is 0.844. The number of amides is 1. The van der Waals surface area contributed by atoms with E-state index in [-0.39, 0.29) is 25.8 Å². The minimum Gasteiger partial charge on any atom is -0.481 e. The van der Waals surface area contributed by atoms with E-state index in [1.807, 2.05) is 13.8 Å². The van der Waals surface area contributed by atoms with Crippen LogP contribution in [0.25, 0.3) is 0 Å². The van der Waals surface area contributed by atoms with E-state index < -0.39 is 23.1 Å². The molecule has 110 valence electrons. The lowest BCUT2D eigenvalue weighted by atomic mass is 9.81.